The van der Waals surface area contributed by atoms with Crippen LogP contribution < -0.4 is 15.3 Å². The second kappa shape index (κ2) is 16.7. The van der Waals surface area contributed by atoms with Gasteiger partial charge in [0.2, 0.25) is 0 Å². The molecule has 6 nitrogen and oxygen atoms in total. The van der Waals surface area contributed by atoms with Gasteiger partial charge < -0.3 is 29.7 Å². The van der Waals surface area contributed by atoms with E-state index in [0.717, 1.165) is 16.7 Å². The van der Waals surface area contributed by atoms with Crippen LogP contribution in [-0.2, 0) is 33.6 Å². The predicted molar refractivity (Wildman–Crippen MR) is 111 cm³/mol. The maximum Gasteiger partial charge on any atom is 3.00 e. The molecule has 0 aliphatic heterocycles. The number of rotatable bonds is 6. The van der Waals surface area contributed by atoms with Crippen LogP contribution in [-0.4, -0.2) is 44.1 Å². The number of carboxylic acids is 3. The Bertz CT molecular complexity index is 777. The number of hydrogen-bond donors (Lipinski definition) is 0. The molecule has 0 saturated carbocycles. The van der Waals surface area contributed by atoms with Gasteiger partial charge in [-0.3, -0.25) is 0 Å². The summed E-state index contributed by atoms with van der Waals surface area (Å²) in [4.78, 5) is 30.2. The summed E-state index contributed by atoms with van der Waals surface area (Å²) >= 11 is 0. The van der Waals surface area contributed by atoms with Crippen LogP contribution in [0.3, 0.4) is 0 Å². The standard InChI is InChI=1S/3C8H8O2.Bi/c3*9-8(10)6-7-4-2-1-3-5-7;/h3*1-5H,6H2,(H,9,10);/q;;;+3/p-3. The molecular weight excluding hydrogens is 593 g/mol. The van der Waals surface area contributed by atoms with Gasteiger partial charge in [-0.1, -0.05) is 91.0 Å². The van der Waals surface area contributed by atoms with Crippen molar-refractivity contribution in [3.8, 4) is 0 Å². The summed E-state index contributed by atoms with van der Waals surface area (Å²) in [6.07, 6.45) is 0.00250. The minimum Gasteiger partial charge on any atom is -0.550 e. The van der Waals surface area contributed by atoms with Crippen molar-refractivity contribution in [2.24, 2.45) is 0 Å². The van der Waals surface area contributed by atoms with Crippen molar-refractivity contribution < 1.29 is 29.7 Å². The first-order chi connectivity index (χ1) is 14.4. The van der Waals surface area contributed by atoms with Gasteiger partial charge in [0, 0.05) is 37.2 Å². The third-order valence-corrected chi connectivity index (χ3v) is 3.57. The topological polar surface area (TPSA) is 120 Å². The van der Waals surface area contributed by atoms with E-state index in [1.165, 1.54) is 0 Å². The molecule has 3 aromatic rings. The van der Waals surface area contributed by atoms with Crippen molar-refractivity contribution in [3.05, 3.63) is 108 Å². The van der Waals surface area contributed by atoms with Gasteiger partial charge in [-0.15, -0.1) is 0 Å². The van der Waals surface area contributed by atoms with Crippen LogP contribution in [0.5, 0.6) is 0 Å². The average Bonchev–Trinajstić information content (AvgIpc) is 2.70. The smallest absolute Gasteiger partial charge is 0.550 e. The number of hydrogen-bond acceptors (Lipinski definition) is 6. The molecule has 7 heteroatoms. The molecule has 0 unspecified atom stereocenters. The van der Waals surface area contributed by atoms with E-state index < -0.39 is 17.9 Å². The van der Waals surface area contributed by atoms with Crippen LogP contribution in [0.25, 0.3) is 0 Å². The first-order valence-corrected chi connectivity index (χ1v) is 9.08. The minimum atomic E-state index is -1.04. The summed E-state index contributed by atoms with van der Waals surface area (Å²) < 4.78 is 0. The van der Waals surface area contributed by atoms with Crippen molar-refractivity contribution in [2.45, 2.75) is 19.3 Å². The Balaban J connectivity index is 0.000000429. The van der Waals surface area contributed by atoms with Crippen molar-refractivity contribution >= 4 is 44.1 Å². The largest absolute Gasteiger partial charge is 3.00 e. The normalized spacial score (nSPS) is 8.90. The van der Waals surface area contributed by atoms with E-state index in [0.29, 0.717) is 0 Å². The molecule has 0 saturated heterocycles. The molecule has 0 spiro atoms. The number of carbonyl (C=O) groups is 3. The Labute approximate surface area is 200 Å². The molecule has 0 aliphatic carbocycles. The minimum absolute atomic E-state index is 0. The third kappa shape index (κ3) is 15.5. The Morgan fingerprint density at radius 2 is 0.645 bits per heavy atom. The predicted octanol–water partition coefficient (Wildman–Crippen LogP) is -0.444. The van der Waals surface area contributed by atoms with Gasteiger partial charge in [0.1, 0.15) is 0 Å². The van der Waals surface area contributed by atoms with Crippen LogP contribution >= 0.6 is 0 Å². The molecule has 0 N–H and O–H groups in total. The van der Waals surface area contributed by atoms with E-state index in [-0.39, 0.29) is 45.5 Å². The van der Waals surface area contributed by atoms with Gasteiger partial charge in [-0.25, -0.2) is 0 Å². The third-order valence-electron chi connectivity index (χ3n) is 3.57. The quantitative estimate of drug-likeness (QED) is 0.348. The van der Waals surface area contributed by atoms with E-state index >= 15 is 0 Å². The molecule has 2 radical (unpaired) electrons. The average molecular weight is 614 g/mol. The van der Waals surface area contributed by atoms with Crippen LogP contribution in [0.4, 0.5) is 0 Å². The second-order valence-electron chi connectivity index (χ2n) is 6.10. The molecule has 0 heterocycles. The monoisotopic (exact) mass is 614 g/mol. The summed E-state index contributed by atoms with van der Waals surface area (Å²) in [5.41, 5.74) is 2.34. The summed E-state index contributed by atoms with van der Waals surface area (Å²) in [5, 5.41) is 30.2. The van der Waals surface area contributed by atoms with Gasteiger partial charge in [-0.2, -0.15) is 0 Å². The molecule has 0 fully saturated rings. The van der Waals surface area contributed by atoms with Gasteiger partial charge in [0.25, 0.3) is 0 Å². The summed E-state index contributed by atoms with van der Waals surface area (Å²) in [7, 11) is 0. The Hall–Kier alpha value is -3.05. The van der Waals surface area contributed by atoms with Gasteiger partial charge in [0.05, 0.1) is 0 Å². The molecule has 0 aromatic heterocycles. The molecule has 31 heavy (non-hydrogen) atoms. The molecule has 3 rings (SSSR count). The van der Waals surface area contributed by atoms with E-state index in [4.69, 9.17) is 0 Å². The molecule has 158 valence electrons. The molecule has 0 amide bonds. The van der Waals surface area contributed by atoms with Crippen molar-refractivity contribution in [3.63, 3.8) is 0 Å². The van der Waals surface area contributed by atoms with Gasteiger partial charge in [-0.05, 0) is 16.7 Å². The van der Waals surface area contributed by atoms with Gasteiger partial charge >= 0.3 is 26.2 Å². The first-order valence-electron chi connectivity index (χ1n) is 9.08. The van der Waals surface area contributed by atoms with E-state index in [9.17, 15) is 29.7 Å². The molecule has 3 aromatic carbocycles. The van der Waals surface area contributed by atoms with E-state index in [2.05, 4.69) is 0 Å². The van der Waals surface area contributed by atoms with Crippen molar-refractivity contribution in [2.75, 3.05) is 0 Å². The first kappa shape index (κ1) is 28.0. The summed E-state index contributed by atoms with van der Waals surface area (Å²) in [6, 6.07) is 26.9. The summed E-state index contributed by atoms with van der Waals surface area (Å²) in [5.74, 6) is -3.11. The van der Waals surface area contributed by atoms with E-state index in [1.807, 2.05) is 18.2 Å². The second-order valence-corrected chi connectivity index (χ2v) is 6.10. The van der Waals surface area contributed by atoms with Crippen LogP contribution in [0.15, 0.2) is 91.0 Å². The maximum atomic E-state index is 10.1. The molecule has 0 atom stereocenters. The van der Waals surface area contributed by atoms with Gasteiger partial charge in [0.15, 0.2) is 0 Å². The van der Waals surface area contributed by atoms with Crippen LogP contribution in [0.2, 0.25) is 0 Å². The zero-order chi connectivity index (χ0) is 22.2. The summed E-state index contributed by atoms with van der Waals surface area (Å²) in [6.45, 7) is 0. The van der Waals surface area contributed by atoms with Crippen LogP contribution in [0.1, 0.15) is 16.7 Å². The maximum absolute atomic E-state index is 10.1. The number of carbonyl (C=O) groups excluding carboxylic acids is 3. The van der Waals surface area contributed by atoms with Crippen LogP contribution in [0, 0.1) is 0 Å². The van der Waals surface area contributed by atoms with Crippen molar-refractivity contribution in [1.29, 1.82) is 0 Å². The Morgan fingerprint density at radius 1 is 0.452 bits per heavy atom. The molecule has 0 bridgehead atoms. The zero-order valence-electron chi connectivity index (χ0n) is 16.7. The van der Waals surface area contributed by atoms with E-state index in [1.54, 1.807) is 72.8 Å². The number of aliphatic carboxylic acids is 3. The fraction of sp³-hybridized carbons (Fsp3) is 0.125. The number of carboxylic acid groups (broad SMARTS) is 3. The number of benzene rings is 3. The van der Waals surface area contributed by atoms with Crippen molar-refractivity contribution in [1.82, 2.24) is 0 Å². The molecular formula is C24H21BiO6. The molecule has 0 aliphatic rings. The SMILES string of the molecule is O=C([O-])Cc1ccccc1.O=C([O-])Cc1ccccc1.O=C([O-])Cc1ccccc1.[Bi+3]. The zero-order valence-corrected chi connectivity index (χ0v) is 20.2. The fourth-order valence-corrected chi connectivity index (χ4v) is 2.29. The Morgan fingerprint density at radius 3 is 0.806 bits per heavy atom. The fourth-order valence-electron chi connectivity index (χ4n) is 2.29. The Kier molecular flexibility index (Phi) is 15.1.